The van der Waals surface area contributed by atoms with Crippen molar-refractivity contribution in [1.29, 1.82) is 0 Å². The van der Waals surface area contributed by atoms with Crippen molar-refractivity contribution in [3.8, 4) is 0 Å². The number of hydrogen-bond acceptors (Lipinski definition) is 3. The van der Waals surface area contributed by atoms with E-state index in [1.54, 1.807) is 19.3 Å². The zero-order chi connectivity index (χ0) is 13.5. The summed E-state index contributed by atoms with van der Waals surface area (Å²) in [4.78, 5) is 1.89. The maximum Gasteiger partial charge on any atom is 0.146 e. The van der Waals surface area contributed by atoms with Gasteiger partial charge in [-0.3, -0.25) is 0 Å². The average Bonchev–Trinajstić information content (AvgIpc) is 2.34. The van der Waals surface area contributed by atoms with Crippen molar-refractivity contribution in [2.24, 2.45) is 5.73 Å². The van der Waals surface area contributed by atoms with E-state index < -0.39 is 0 Å². The van der Waals surface area contributed by atoms with E-state index in [1.807, 2.05) is 17.9 Å². The van der Waals surface area contributed by atoms with Gasteiger partial charge in [-0.25, -0.2) is 4.39 Å². The van der Waals surface area contributed by atoms with Gasteiger partial charge in [0.05, 0.1) is 12.3 Å². The fraction of sp³-hybridized carbons (Fsp3) is 0.429. The van der Waals surface area contributed by atoms with Gasteiger partial charge in [0.25, 0.3) is 0 Å². The van der Waals surface area contributed by atoms with Crippen LogP contribution < -0.4 is 10.6 Å². The molecule has 0 amide bonds. The molecule has 1 aromatic rings. The summed E-state index contributed by atoms with van der Waals surface area (Å²) in [7, 11) is 1.62. The Kier molecular flexibility index (Phi) is 5.82. The second-order valence-electron chi connectivity index (χ2n) is 4.19. The number of para-hydroxylation sites is 1. The molecule has 0 saturated carbocycles. The van der Waals surface area contributed by atoms with E-state index in [-0.39, 0.29) is 11.9 Å². The van der Waals surface area contributed by atoms with Gasteiger partial charge in [-0.2, -0.15) is 0 Å². The van der Waals surface area contributed by atoms with Crippen molar-refractivity contribution in [3.63, 3.8) is 0 Å². The summed E-state index contributed by atoms with van der Waals surface area (Å²) >= 11 is 0. The molecule has 1 atom stereocenters. The van der Waals surface area contributed by atoms with Gasteiger partial charge in [-0.05, 0) is 18.6 Å². The van der Waals surface area contributed by atoms with Crippen LogP contribution in [0.25, 0.3) is 0 Å². The van der Waals surface area contributed by atoms with Crippen LogP contribution in [0.5, 0.6) is 0 Å². The molecular formula is C14H21FN2O. The molecule has 1 aromatic carbocycles. The molecule has 3 nitrogen and oxygen atoms in total. The van der Waals surface area contributed by atoms with Crippen LogP contribution in [-0.2, 0) is 4.74 Å². The van der Waals surface area contributed by atoms with Crippen molar-refractivity contribution < 1.29 is 9.13 Å². The van der Waals surface area contributed by atoms with E-state index in [9.17, 15) is 4.39 Å². The van der Waals surface area contributed by atoms with E-state index in [2.05, 4.69) is 6.58 Å². The predicted octanol–water partition coefficient (Wildman–Crippen LogP) is 2.48. The van der Waals surface area contributed by atoms with Gasteiger partial charge in [-0.15, -0.1) is 6.58 Å². The zero-order valence-electron chi connectivity index (χ0n) is 11.0. The SMILES string of the molecule is C=CCN(CCOC)c1c(F)cccc1C(C)N. The molecule has 0 heterocycles. The first kappa shape index (κ1) is 14.7. The van der Waals surface area contributed by atoms with Gasteiger partial charge in [-0.1, -0.05) is 18.2 Å². The second-order valence-corrected chi connectivity index (χ2v) is 4.19. The second kappa shape index (κ2) is 7.13. The Morgan fingerprint density at radius 3 is 2.83 bits per heavy atom. The van der Waals surface area contributed by atoms with Crippen molar-refractivity contribution in [3.05, 3.63) is 42.2 Å². The van der Waals surface area contributed by atoms with Gasteiger partial charge in [0.2, 0.25) is 0 Å². The summed E-state index contributed by atoms with van der Waals surface area (Å²) in [5.74, 6) is -0.261. The highest BCUT2D eigenvalue weighted by Crippen LogP contribution is 2.28. The van der Waals surface area contributed by atoms with Crippen LogP contribution in [0.2, 0.25) is 0 Å². The number of anilines is 1. The Balaban J connectivity index is 3.12. The molecule has 0 saturated heterocycles. The number of benzene rings is 1. The predicted molar refractivity (Wildman–Crippen MR) is 73.3 cm³/mol. The third-order valence-electron chi connectivity index (χ3n) is 2.74. The number of halogens is 1. The van der Waals surface area contributed by atoms with E-state index in [0.717, 1.165) is 5.56 Å². The van der Waals surface area contributed by atoms with Gasteiger partial charge in [0.15, 0.2) is 0 Å². The molecule has 2 N–H and O–H groups in total. The first-order chi connectivity index (χ1) is 8.61. The van der Waals surface area contributed by atoms with Crippen molar-refractivity contribution in [1.82, 2.24) is 0 Å². The smallest absolute Gasteiger partial charge is 0.146 e. The van der Waals surface area contributed by atoms with Gasteiger partial charge >= 0.3 is 0 Å². The Morgan fingerprint density at radius 1 is 1.56 bits per heavy atom. The van der Waals surface area contributed by atoms with Gasteiger partial charge in [0, 0.05) is 26.2 Å². The highest BCUT2D eigenvalue weighted by molar-refractivity contribution is 5.56. The quantitative estimate of drug-likeness (QED) is 0.758. The van der Waals surface area contributed by atoms with Crippen molar-refractivity contribution in [2.75, 3.05) is 31.7 Å². The largest absolute Gasteiger partial charge is 0.383 e. The third-order valence-corrected chi connectivity index (χ3v) is 2.74. The van der Waals surface area contributed by atoms with Crippen LogP contribution >= 0.6 is 0 Å². The summed E-state index contributed by atoms with van der Waals surface area (Å²) in [6, 6.07) is 4.77. The molecule has 0 aliphatic carbocycles. The molecule has 0 aliphatic heterocycles. The average molecular weight is 252 g/mol. The number of ether oxygens (including phenoxy) is 1. The number of rotatable bonds is 7. The lowest BCUT2D eigenvalue weighted by Gasteiger charge is -2.27. The third kappa shape index (κ3) is 3.55. The number of methoxy groups -OCH3 is 1. The van der Waals surface area contributed by atoms with Crippen LogP contribution in [0.3, 0.4) is 0 Å². The summed E-state index contributed by atoms with van der Waals surface area (Å²) in [6.45, 7) is 7.24. The Morgan fingerprint density at radius 2 is 2.28 bits per heavy atom. The molecule has 0 spiro atoms. The minimum atomic E-state index is -0.261. The summed E-state index contributed by atoms with van der Waals surface area (Å²) < 4.78 is 19.1. The van der Waals surface area contributed by atoms with Crippen LogP contribution in [0.4, 0.5) is 10.1 Å². The molecule has 1 unspecified atom stereocenters. The standard InChI is InChI=1S/C14H21FN2O/c1-4-8-17(9-10-18-3)14-12(11(2)16)6-5-7-13(14)15/h4-7,11H,1,8-10,16H2,2-3H3. The normalized spacial score (nSPS) is 12.2. The molecule has 0 bridgehead atoms. The molecule has 0 fully saturated rings. The molecule has 0 radical (unpaired) electrons. The van der Waals surface area contributed by atoms with Crippen molar-refractivity contribution >= 4 is 5.69 Å². The highest BCUT2D eigenvalue weighted by atomic mass is 19.1. The number of hydrogen-bond donors (Lipinski definition) is 1. The Hall–Kier alpha value is -1.39. The Labute approximate surface area is 108 Å². The summed E-state index contributed by atoms with van der Waals surface area (Å²) in [6.07, 6.45) is 1.74. The molecule has 0 aliphatic rings. The maximum absolute atomic E-state index is 14.0. The van der Waals surface area contributed by atoms with Crippen molar-refractivity contribution in [2.45, 2.75) is 13.0 Å². The molecule has 18 heavy (non-hydrogen) atoms. The van der Waals surface area contributed by atoms with E-state index in [0.29, 0.717) is 25.4 Å². The first-order valence-corrected chi connectivity index (χ1v) is 6.00. The molecule has 100 valence electrons. The van der Waals surface area contributed by atoms with E-state index >= 15 is 0 Å². The number of nitrogens with two attached hydrogens (primary N) is 1. The fourth-order valence-electron chi connectivity index (χ4n) is 1.88. The molecule has 1 rings (SSSR count). The van der Waals surface area contributed by atoms with E-state index in [1.165, 1.54) is 6.07 Å². The minimum Gasteiger partial charge on any atom is -0.383 e. The molecule has 4 heteroatoms. The van der Waals surface area contributed by atoms with Crippen LogP contribution in [0.1, 0.15) is 18.5 Å². The lowest BCUT2D eigenvalue weighted by molar-refractivity contribution is 0.205. The van der Waals surface area contributed by atoms with Gasteiger partial charge in [0.1, 0.15) is 5.82 Å². The van der Waals surface area contributed by atoms with Crippen LogP contribution in [-0.4, -0.2) is 26.8 Å². The van der Waals surface area contributed by atoms with Gasteiger partial charge < -0.3 is 15.4 Å². The van der Waals surface area contributed by atoms with Crippen LogP contribution in [0, 0.1) is 5.82 Å². The summed E-state index contributed by atoms with van der Waals surface area (Å²) in [5, 5.41) is 0. The maximum atomic E-state index is 14.0. The lowest BCUT2D eigenvalue weighted by Crippen LogP contribution is -2.30. The minimum absolute atomic E-state index is 0.217. The topological polar surface area (TPSA) is 38.5 Å². The Bertz CT molecular complexity index is 393. The summed E-state index contributed by atoms with van der Waals surface area (Å²) in [5.41, 5.74) is 7.24. The van der Waals surface area contributed by atoms with E-state index in [4.69, 9.17) is 10.5 Å². The molecule has 0 aromatic heterocycles. The lowest BCUT2D eigenvalue weighted by atomic mass is 10.1. The molecular weight excluding hydrogens is 231 g/mol. The van der Waals surface area contributed by atoms with Crippen LogP contribution in [0.15, 0.2) is 30.9 Å². The fourth-order valence-corrected chi connectivity index (χ4v) is 1.88. The first-order valence-electron chi connectivity index (χ1n) is 6.00. The zero-order valence-corrected chi connectivity index (χ0v) is 11.0. The highest BCUT2D eigenvalue weighted by Gasteiger charge is 2.17. The monoisotopic (exact) mass is 252 g/mol. The number of nitrogens with zero attached hydrogens (tertiary/aromatic N) is 1.